The second-order valence-corrected chi connectivity index (χ2v) is 9.47. The quantitative estimate of drug-likeness (QED) is 0.845. The molecule has 1 amide bonds. The van der Waals surface area contributed by atoms with Gasteiger partial charge in [0.2, 0.25) is 5.91 Å². The van der Waals surface area contributed by atoms with Crippen molar-refractivity contribution >= 4 is 21.7 Å². The summed E-state index contributed by atoms with van der Waals surface area (Å²) < 4.78 is 25.2. The lowest BCUT2D eigenvalue weighted by molar-refractivity contribution is -0.147. The van der Waals surface area contributed by atoms with Crippen molar-refractivity contribution in [2.75, 3.05) is 12.3 Å². The van der Waals surface area contributed by atoms with Gasteiger partial charge in [0, 0.05) is 19.0 Å². The van der Waals surface area contributed by atoms with Crippen LogP contribution in [0.4, 0.5) is 0 Å². The van der Waals surface area contributed by atoms with E-state index in [4.69, 9.17) is 0 Å². The van der Waals surface area contributed by atoms with E-state index in [0.29, 0.717) is 12.8 Å². The van der Waals surface area contributed by atoms with Gasteiger partial charge >= 0.3 is 5.97 Å². The molecule has 6 nitrogen and oxygen atoms in total. The molecule has 26 heavy (non-hydrogen) atoms. The number of aliphatic carboxylic acids is 1. The monoisotopic (exact) mass is 379 g/mol. The van der Waals surface area contributed by atoms with Crippen LogP contribution in [0.5, 0.6) is 0 Å². The van der Waals surface area contributed by atoms with E-state index in [9.17, 15) is 23.1 Å². The Morgan fingerprint density at radius 1 is 1.19 bits per heavy atom. The Kier molecular flexibility index (Phi) is 5.37. The number of carboxylic acid groups (broad SMARTS) is 1. The highest BCUT2D eigenvalue weighted by atomic mass is 32.2. The maximum atomic E-state index is 12.6. The standard InChI is InChI=1S/C19H25NO5S/c1-13-5-6-16(19(22)23)12-20(13)18(21)9-10-26(24,25)17-8-7-14-3-2-4-15(14)11-17/h7-8,11,13,16H,2-6,9-10,12H2,1H3,(H,22,23). The number of aryl methyl sites for hydroxylation is 2. The predicted molar refractivity (Wildman–Crippen MR) is 96.7 cm³/mol. The third-order valence-corrected chi connectivity index (χ3v) is 7.28. The molecular formula is C19H25NO5S. The average Bonchev–Trinajstić information content (AvgIpc) is 3.07. The molecular weight excluding hydrogens is 354 g/mol. The largest absolute Gasteiger partial charge is 0.481 e. The first-order valence-corrected chi connectivity index (χ1v) is 10.8. The highest BCUT2D eigenvalue weighted by Crippen LogP contribution is 2.26. The van der Waals surface area contributed by atoms with E-state index in [1.165, 1.54) is 10.5 Å². The van der Waals surface area contributed by atoms with E-state index in [1.54, 1.807) is 12.1 Å². The number of carboxylic acids is 1. The predicted octanol–water partition coefficient (Wildman–Crippen LogP) is 2.05. The highest BCUT2D eigenvalue weighted by molar-refractivity contribution is 7.91. The van der Waals surface area contributed by atoms with Crippen molar-refractivity contribution in [3.63, 3.8) is 0 Å². The molecule has 7 heteroatoms. The Bertz CT molecular complexity index is 817. The molecule has 1 aromatic carbocycles. The van der Waals surface area contributed by atoms with Gasteiger partial charge in [-0.05, 0) is 62.3 Å². The fourth-order valence-electron chi connectivity index (χ4n) is 3.88. The maximum absolute atomic E-state index is 12.6. The van der Waals surface area contributed by atoms with Gasteiger partial charge in [0.25, 0.3) is 0 Å². The van der Waals surface area contributed by atoms with E-state index < -0.39 is 21.7 Å². The fraction of sp³-hybridized carbons (Fsp3) is 0.579. The smallest absolute Gasteiger partial charge is 0.308 e. The number of hydrogen-bond donors (Lipinski definition) is 1. The third-order valence-electron chi connectivity index (χ3n) is 5.57. The Morgan fingerprint density at radius 2 is 1.92 bits per heavy atom. The molecule has 1 N–H and O–H groups in total. The normalized spacial score (nSPS) is 22.9. The van der Waals surface area contributed by atoms with Gasteiger partial charge in [0.1, 0.15) is 0 Å². The van der Waals surface area contributed by atoms with Crippen molar-refractivity contribution in [1.82, 2.24) is 4.90 Å². The summed E-state index contributed by atoms with van der Waals surface area (Å²) in [5, 5.41) is 9.17. The summed E-state index contributed by atoms with van der Waals surface area (Å²) >= 11 is 0. The van der Waals surface area contributed by atoms with E-state index >= 15 is 0 Å². The van der Waals surface area contributed by atoms with Crippen molar-refractivity contribution < 1.29 is 23.1 Å². The van der Waals surface area contributed by atoms with Gasteiger partial charge in [-0.1, -0.05) is 6.07 Å². The molecule has 2 atom stereocenters. The molecule has 1 heterocycles. The molecule has 1 aromatic rings. The van der Waals surface area contributed by atoms with Crippen molar-refractivity contribution in [3.05, 3.63) is 29.3 Å². The molecule has 1 saturated heterocycles. The van der Waals surface area contributed by atoms with Gasteiger partial charge in [-0.2, -0.15) is 0 Å². The molecule has 3 rings (SSSR count). The minimum atomic E-state index is -3.53. The number of carbonyl (C=O) groups is 2. The number of amides is 1. The Morgan fingerprint density at radius 3 is 2.65 bits per heavy atom. The summed E-state index contributed by atoms with van der Waals surface area (Å²) in [5.41, 5.74) is 2.30. The van der Waals surface area contributed by atoms with Gasteiger partial charge in [-0.3, -0.25) is 9.59 Å². The van der Waals surface area contributed by atoms with E-state index in [-0.39, 0.29) is 35.6 Å². The minimum Gasteiger partial charge on any atom is -0.481 e. The second-order valence-electron chi connectivity index (χ2n) is 7.36. The van der Waals surface area contributed by atoms with Crippen molar-refractivity contribution in [1.29, 1.82) is 0 Å². The number of nitrogens with zero attached hydrogens (tertiary/aromatic N) is 1. The second kappa shape index (κ2) is 7.39. The first-order chi connectivity index (χ1) is 12.3. The molecule has 0 saturated carbocycles. The summed E-state index contributed by atoms with van der Waals surface area (Å²) in [4.78, 5) is 25.5. The van der Waals surface area contributed by atoms with Crippen LogP contribution >= 0.6 is 0 Å². The first kappa shape index (κ1) is 18.9. The number of piperidine rings is 1. The van der Waals surface area contributed by atoms with E-state index in [1.807, 2.05) is 13.0 Å². The van der Waals surface area contributed by atoms with Gasteiger partial charge in [-0.25, -0.2) is 8.42 Å². The lowest BCUT2D eigenvalue weighted by Gasteiger charge is -2.36. The molecule has 0 aromatic heterocycles. The van der Waals surface area contributed by atoms with Gasteiger partial charge in [-0.15, -0.1) is 0 Å². The lowest BCUT2D eigenvalue weighted by Crippen LogP contribution is -2.47. The minimum absolute atomic E-state index is 0.0548. The highest BCUT2D eigenvalue weighted by Gasteiger charge is 2.33. The van der Waals surface area contributed by atoms with Crippen molar-refractivity contribution in [2.45, 2.75) is 56.4 Å². The first-order valence-electron chi connectivity index (χ1n) is 9.15. The van der Waals surface area contributed by atoms with Crippen LogP contribution in [-0.4, -0.2) is 48.6 Å². The van der Waals surface area contributed by atoms with Crippen molar-refractivity contribution in [3.8, 4) is 0 Å². The zero-order chi connectivity index (χ0) is 18.9. The molecule has 0 radical (unpaired) electrons. The molecule has 1 aliphatic carbocycles. The zero-order valence-electron chi connectivity index (χ0n) is 15.0. The topological polar surface area (TPSA) is 91.8 Å². The molecule has 2 unspecified atom stereocenters. The summed E-state index contributed by atoms with van der Waals surface area (Å²) in [6.07, 6.45) is 4.00. The summed E-state index contributed by atoms with van der Waals surface area (Å²) in [6, 6.07) is 5.20. The van der Waals surface area contributed by atoms with Crippen LogP contribution in [0.15, 0.2) is 23.1 Å². The van der Waals surface area contributed by atoms with Crippen LogP contribution in [0.3, 0.4) is 0 Å². The Hall–Kier alpha value is -1.89. The number of sulfone groups is 1. The number of likely N-dealkylation sites (tertiary alicyclic amines) is 1. The van der Waals surface area contributed by atoms with Crippen LogP contribution in [0.2, 0.25) is 0 Å². The molecule has 1 aliphatic heterocycles. The van der Waals surface area contributed by atoms with Crippen LogP contribution < -0.4 is 0 Å². The number of hydrogen-bond acceptors (Lipinski definition) is 4. The van der Waals surface area contributed by atoms with Crippen LogP contribution in [0, 0.1) is 5.92 Å². The van der Waals surface area contributed by atoms with Gasteiger partial charge < -0.3 is 10.0 Å². The van der Waals surface area contributed by atoms with Gasteiger partial charge in [0.05, 0.1) is 16.6 Å². The number of rotatable bonds is 5. The summed E-state index contributed by atoms with van der Waals surface area (Å²) in [6.45, 7) is 2.04. The summed E-state index contributed by atoms with van der Waals surface area (Å²) in [5.74, 6) is -2.00. The van der Waals surface area contributed by atoms with Crippen LogP contribution in [0.25, 0.3) is 0 Å². The van der Waals surface area contributed by atoms with E-state index in [0.717, 1.165) is 24.8 Å². The SMILES string of the molecule is CC1CCC(C(=O)O)CN1C(=O)CCS(=O)(=O)c1ccc2c(c1)CCC2. The lowest BCUT2D eigenvalue weighted by atomic mass is 9.93. The van der Waals surface area contributed by atoms with E-state index in [2.05, 4.69) is 0 Å². The Labute approximate surface area is 154 Å². The molecule has 0 spiro atoms. The Balaban J connectivity index is 1.65. The number of carbonyl (C=O) groups excluding carboxylic acids is 1. The van der Waals surface area contributed by atoms with Gasteiger partial charge in [0.15, 0.2) is 9.84 Å². The summed E-state index contributed by atoms with van der Waals surface area (Å²) in [7, 11) is -3.53. The van der Waals surface area contributed by atoms with Crippen molar-refractivity contribution in [2.24, 2.45) is 5.92 Å². The number of fused-ring (bicyclic) bond motifs is 1. The molecule has 2 aliphatic rings. The number of benzene rings is 1. The maximum Gasteiger partial charge on any atom is 0.308 e. The molecule has 142 valence electrons. The molecule has 1 fully saturated rings. The molecule has 0 bridgehead atoms. The van der Waals surface area contributed by atoms with Crippen LogP contribution in [0.1, 0.15) is 43.7 Å². The third kappa shape index (κ3) is 3.92. The fourth-order valence-corrected chi connectivity index (χ4v) is 5.16. The average molecular weight is 379 g/mol. The van der Waals surface area contributed by atoms with Crippen LogP contribution in [-0.2, 0) is 32.3 Å². The zero-order valence-corrected chi connectivity index (χ0v) is 15.8.